The van der Waals surface area contributed by atoms with Crippen LogP contribution in [-0.2, 0) is 4.79 Å². The zero-order chi connectivity index (χ0) is 12.7. The fraction of sp³-hybridized carbons (Fsp3) is 0.786. The fourth-order valence-corrected chi connectivity index (χ4v) is 2.60. The molecule has 0 aromatic rings. The van der Waals surface area contributed by atoms with Crippen LogP contribution in [0.25, 0.3) is 0 Å². The predicted octanol–water partition coefficient (Wildman–Crippen LogP) is 1.91. The third-order valence-corrected chi connectivity index (χ3v) is 3.55. The highest BCUT2D eigenvalue weighted by Crippen LogP contribution is 2.23. The monoisotopic (exact) mass is 236 g/mol. The summed E-state index contributed by atoms with van der Waals surface area (Å²) in [6.07, 6.45) is 11.7. The van der Waals surface area contributed by atoms with E-state index in [1.54, 1.807) is 0 Å². The Morgan fingerprint density at radius 1 is 1.47 bits per heavy atom. The second kappa shape index (κ2) is 7.34. The van der Waals surface area contributed by atoms with Crippen molar-refractivity contribution in [1.82, 2.24) is 4.90 Å². The first-order valence-electron chi connectivity index (χ1n) is 6.65. The molecule has 2 N–H and O–H groups in total. The largest absolute Gasteiger partial charge is 0.336 e. The van der Waals surface area contributed by atoms with E-state index in [1.807, 2.05) is 4.90 Å². The van der Waals surface area contributed by atoms with Crippen molar-refractivity contribution in [3.05, 3.63) is 0 Å². The van der Waals surface area contributed by atoms with Crippen LogP contribution in [0.1, 0.15) is 51.9 Å². The maximum Gasteiger partial charge on any atom is 0.223 e. The lowest BCUT2D eigenvalue weighted by molar-refractivity contribution is -0.137. The van der Waals surface area contributed by atoms with E-state index in [0.717, 1.165) is 32.1 Å². The Bertz CT molecular complexity index is 282. The number of hydrogen-bond donors (Lipinski definition) is 1. The molecule has 0 aromatic heterocycles. The molecule has 1 amide bonds. The third-order valence-electron chi connectivity index (χ3n) is 3.55. The minimum Gasteiger partial charge on any atom is -0.336 e. The molecule has 0 aromatic carbocycles. The molecule has 1 heterocycles. The van der Waals surface area contributed by atoms with Gasteiger partial charge in [0.15, 0.2) is 0 Å². The van der Waals surface area contributed by atoms with Gasteiger partial charge in [-0.05, 0) is 39.0 Å². The number of piperidine rings is 1. The van der Waals surface area contributed by atoms with E-state index in [-0.39, 0.29) is 11.9 Å². The van der Waals surface area contributed by atoms with Crippen molar-refractivity contribution in [2.45, 2.75) is 64.0 Å². The molecule has 17 heavy (non-hydrogen) atoms. The molecule has 0 aliphatic carbocycles. The second-order valence-electron chi connectivity index (χ2n) is 4.88. The van der Waals surface area contributed by atoms with Crippen LogP contribution in [0, 0.1) is 12.3 Å². The van der Waals surface area contributed by atoms with Crippen LogP contribution in [0.4, 0.5) is 0 Å². The van der Waals surface area contributed by atoms with Crippen LogP contribution in [0.5, 0.6) is 0 Å². The predicted molar refractivity (Wildman–Crippen MR) is 70.3 cm³/mol. The number of hydrogen-bond acceptors (Lipinski definition) is 2. The van der Waals surface area contributed by atoms with Crippen molar-refractivity contribution in [3.8, 4) is 12.3 Å². The Morgan fingerprint density at radius 2 is 2.24 bits per heavy atom. The summed E-state index contributed by atoms with van der Waals surface area (Å²) < 4.78 is 0. The lowest BCUT2D eigenvalue weighted by Gasteiger charge is -2.40. The Balaban J connectivity index is 2.44. The van der Waals surface area contributed by atoms with Gasteiger partial charge in [0.1, 0.15) is 0 Å². The molecule has 0 bridgehead atoms. The van der Waals surface area contributed by atoms with Crippen molar-refractivity contribution in [3.63, 3.8) is 0 Å². The first kappa shape index (κ1) is 14.1. The van der Waals surface area contributed by atoms with Gasteiger partial charge in [0.05, 0.1) is 0 Å². The molecule has 96 valence electrons. The van der Waals surface area contributed by atoms with Gasteiger partial charge in [-0.15, -0.1) is 12.3 Å². The smallest absolute Gasteiger partial charge is 0.223 e. The van der Waals surface area contributed by atoms with Gasteiger partial charge in [-0.2, -0.15) is 0 Å². The number of likely N-dealkylation sites (tertiary alicyclic amines) is 1. The summed E-state index contributed by atoms with van der Waals surface area (Å²) in [5.41, 5.74) is 5.75. The second-order valence-corrected chi connectivity index (χ2v) is 4.88. The lowest BCUT2D eigenvalue weighted by Crippen LogP contribution is -2.51. The number of terminal acetylenes is 1. The maximum absolute atomic E-state index is 12.2. The van der Waals surface area contributed by atoms with Gasteiger partial charge in [0, 0.05) is 31.5 Å². The number of nitrogens with two attached hydrogens (primary N) is 1. The van der Waals surface area contributed by atoms with Crippen LogP contribution >= 0.6 is 0 Å². The van der Waals surface area contributed by atoms with Crippen LogP contribution in [0.15, 0.2) is 0 Å². The van der Waals surface area contributed by atoms with E-state index < -0.39 is 0 Å². The summed E-state index contributed by atoms with van der Waals surface area (Å²) in [4.78, 5) is 14.2. The van der Waals surface area contributed by atoms with E-state index in [4.69, 9.17) is 12.2 Å². The number of rotatable bonds is 5. The summed E-state index contributed by atoms with van der Waals surface area (Å²) in [5, 5.41) is 0. The van der Waals surface area contributed by atoms with Crippen LogP contribution in [-0.4, -0.2) is 29.4 Å². The van der Waals surface area contributed by atoms with Gasteiger partial charge < -0.3 is 10.6 Å². The van der Waals surface area contributed by atoms with Gasteiger partial charge in [-0.1, -0.05) is 0 Å². The normalized spacial score (nSPS) is 24.4. The van der Waals surface area contributed by atoms with Gasteiger partial charge in [0.25, 0.3) is 0 Å². The zero-order valence-corrected chi connectivity index (χ0v) is 10.8. The van der Waals surface area contributed by atoms with Crippen molar-refractivity contribution < 1.29 is 4.79 Å². The van der Waals surface area contributed by atoms with Crippen LogP contribution < -0.4 is 5.73 Å². The molecule has 0 spiro atoms. The summed E-state index contributed by atoms with van der Waals surface area (Å²) in [7, 11) is 0. The molecule has 0 saturated carbocycles. The van der Waals surface area contributed by atoms with Crippen LogP contribution in [0.3, 0.4) is 0 Å². The Morgan fingerprint density at radius 3 is 2.88 bits per heavy atom. The Labute approximate surface area is 105 Å². The number of carbonyl (C=O) groups is 1. The van der Waals surface area contributed by atoms with E-state index in [2.05, 4.69) is 12.8 Å². The van der Waals surface area contributed by atoms with Gasteiger partial charge in [0.2, 0.25) is 5.91 Å². The summed E-state index contributed by atoms with van der Waals surface area (Å²) in [5.74, 6) is 2.86. The standard InChI is InChI=1S/C14H24N2O/c1-3-4-5-6-10-14(17)16-12(2)8-7-9-13(16)11-15/h1,12-13H,4-11,15H2,2H3. The average Bonchev–Trinajstić information content (AvgIpc) is 2.34. The molecule has 1 aliphatic heterocycles. The number of carbonyl (C=O) groups excluding carboxylic acids is 1. The van der Waals surface area contributed by atoms with Gasteiger partial charge in [-0.3, -0.25) is 4.79 Å². The molecule has 1 rings (SSSR count). The van der Waals surface area contributed by atoms with Crippen molar-refractivity contribution in [1.29, 1.82) is 0 Å². The minimum absolute atomic E-state index is 0.249. The number of nitrogens with zero attached hydrogens (tertiary/aromatic N) is 1. The maximum atomic E-state index is 12.2. The molecule has 1 saturated heterocycles. The quantitative estimate of drug-likeness (QED) is 0.585. The van der Waals surface area contributed by atoms with Gasteiger partial charge in [-0.25, -0.2) is 0 Å². The first-order valence-corrected chi connectivity index (χ1v) is 6.65. The third kappa shape index (κ3) is 4.05. The van der Waals surface area contributed by atoms with E-state index in [1.165, 1.54) is 6.42 Å². The fourth-order valence-electron chi connectivity index (χ4n) is 2.60. The Hall–Kier alpha value is -1.01. The molecule has 2 atom stereocenters. The molecule has 2 unspecified atom stereocenters. The molecule has 1 aliphatic rings. The molecular formula is C14H24N2O. The minimum atomic E-state index is 0.249. The molecular weight excluding hydrogens is 212 g/mol. The zero-order valence-electron chi connectivity index (χ0n) is 10.8. The van der Waals surface area contributed by atoms with E-state index >= 15 is 0 Å². The van der Waals surface area contributed by atoms with Crippen molar-refractivity contribution in [2.75, 3.05) is 6.54 Å². The van der Waals surface area contributed by atoms with Crippen molar-refractivity contribution >= 4 is 5.91 Å². The lowest BCUT2D eigenvalue weighted by atomic mass is 9.95. The molecule has 3 nitrogen and oxygen atoms in total. The highest BCUT2D eigenvalue weighted by molar-refractivity contribution is 5.77. The summed E-state index contributed by atoms with van der Waals surface area (Å²) >= 11 is 0. The van der Waals surface area contributed by atoms with Crippen molar-refractivity contribution in [2.24, 2.45) is 5.73 Å². The average molecular weight is 236 g/mol. The topological polar surface area (TPSA) is 46.3 Å². The molecule has 1 fully saturated rings. The molecule has 3 heteroatoms. The summed E-state index contributed by atoms with van der Waals surface area (Å²) in [6, 6.07) is 0.594. The number of amides is 1. The van der Waals surface area contributed by atoms with E-state index in [0.29, 0.717) is 19.0 Å². The highest BCUT2D eigenvalue weighted by Gasteiger charge is 2.30. The first-order chi connectivity index (χ1) is 8.20. The Kier molecular flexibility index (Phi) is 6.07. The van der Waals surface area contributed by atoms with E-state index in [9.17, 15) is 4.79 Å². The SMILES string of the molecule is C#CCCCCC(=O)N1C(C)CCCC1CN. The molecule has 0 radical (unpaired) electrons. The highest BCUT2D eigenvalue weighted by atomic mass is 16.2. The summed E-state index contributed by atoms with van der Waals surface area (Å²) in [6.45, 7) is 2.71. The van der Waals surface area contributed by atoms with Gasteiger partial charge >= 0.3 is 0 Å². The number of unbranched alkanes of at least 4 members (excludes halogenated alkanes) is 2. The van der Waals surface area contributed by atoms with Crippen LogP contribution in [0.2, 0.25) is 0 Å².